The average molecular weight is 506 g/mol. The van der Waals surface area contributed by atoms with Crippen LogP contribution in [0.25, 0.3) is 27.8 Å². The molecule has 2 aromatic heterocycles. The van der Waals surface area contributed by atoms with Crippen LogP contribution in [0.1, 0.15) is 6.92 Å². The third kappa shape index (κ3) is 4.52. The Hall–Kier alpha value is -4.52. The molecule has 1 aliphatic heterocycles. The zero-order valence-electron chi connectivity index (χ0n) is 21.7. The van der Waals surface area contributed by atoms with E-state index in [0.29, 0.717) is 6.61 Å². The molecule has 0 amide bonds. The highest BCUT2D eigenvalue weighted by molar-refractivity contribution is 6.02. The van der Waals surface area contributed by atoms with Crippen molar-refractivity contribution in [2.24, 2.45) is 0 Å². The quantitative estimate of drug-likeness (QED) is 0.278. The number of aromatic nitrogens is 3. The molecule has 3 aromatic carbocycles. The molecule has 0 radical (unpaired) electrons. The van der Waals surface area contributed by atoms with Gasteiger partial charge >= 0.3 is 0 Å². The Kier molecular flexibility index (Phi) is 6.56. The van der Waals surface area contributed by atoms with Gasteiger partial charge < -0.3 is 23.8 Å². The van der Waals surface area contributed by atoms with E-state index in [1.165, 1.54) is 5.69 Å². The lowest BCUT2D eigenvalue weighted by molar-refractivity contribution is 0.340. The summed E-state index contributed by atoms with van der Waals surface area (Å²) in [6.07, 6.45) is 3.87. The van der Waals surface area contributed by atoms with Gasteiger partial charge in [-0.2, -0.15) is 0 Å². The van der Waals surface area contributed by atoms with Crippen LogP contribution in [0, 0.1) is 0 Å². The number of anilines is 2. The van der Waals surface area contributed by atoms with E-state index in [0.717, 1.165) is 71.3 Å². The summed E-state index contributed by atoms with van der Waals surface area (Å²) in [6, 6.07) is 27.0. The Morgan fingerprint density at radius 2 is 1.39 bits per heavy atom. The fourth-order valence-electron chi connectivity index (χ4n) is 5.16. The number of methoxy groups -OCH3 is 1. The molecular weight excluding hydrogens is 474 g/mol. The molecule has 0 saturated carbocycles. The van der Waals surface area contributed by atoms with Gasteiger partial charge in [0, 0.05) is 49.3 Å². The second-order valence-corrected chi connectivity index (χ2v) is 9.27. The zero-order valence-corrected chi connectivity index (χ0v) is 21.7. The van der Waals surface area contributed by atoms with E-state index in [1.54, 1.807) is 13.4 Å². The van der Waals surface area contributed by atoms with E-state index in [9.17, 15) is 0 Å². The van der Waals surface area contributed by atoms with Gasteiger partial charge in [-0.1, -0.05) is 30.3 Å². The molecule has 3 heterocycles. The van der Waals surface area contributed by atoms with E-state index in [1.807, 2.05) is 37.3 Å². The lowest BCUT2D eigenvalue weighted by Gasteiger charge is -2.37. The highest BCUT2D eigenvalue weighted by atomic mass is 16.5. The number of rotatable bonds is 7. The van der Waals surface area contributed by atoms with E-state index in [4.69, 9.17) is 19.4 Å². The van der Waals surface area contributed by atoms with Crippen LogP contribution in [0.5, 0.6) is 11.5 Å². The second kappa shape index (κ2) is 10.5. The predicted molar refractivity (Wildman–Crippen MR) is 153 cm³/mol. The summed E-state index contributed by atoms with van der Waals surface area (Å²) in [6.45, 7) is 6.22. The number of hydrogen-bond donors (Lipinski definition) is 0. The van der Waals surface area contributed by atoms with Crippen LogP contribution in [-0.2, 0) is 0 Å². The van der Waals surface area contributed by atoms with Gasteiger partial charge in [0.25, 0.3) is 0 Å². The molecular formula is C31H31N5O2. The lowest BCUT2D eigenvalue weighted by Crippen LogP contribution is -2.46. The van der Waals surface area contributed by atoms with Crippen molar-refractivity contribution in [2.75, 3.05) is 49.7 Å². The summed E-state index contributed by atoms with van der Waals surface area (Å²) in [5.41, 5.74) is 5.42. The van der Waals surface area contributed by atoms with Gasteiger partial charge in [0.1, 0.15) is 23.6 Å². The van der Waals surface area contributed by atoms with Crippen molar-refractivity contribution in [3.8, 4) is 28.3 Å². The van der Waals surface area contributed by atoms with Crippen LogP contribution < -0.4 is 19.3 Å². The monoisotopic (exact) mass is 505 g/mol. The SMILES string of the molecule is CCOc1ccc(-n2cc(-c3ccccc3)c3c(N4CCN(c5ccc(OC)cc5)CC4)ncnc32)cc1. The molecule has 0 spiro atoms. The molecule has 0 aliphatic carbocycles. The van der Waals surface area contributed by atoms with Gasteiger partial charge in [0.05, 0.1) is 19.1 Å². The predicted octanol–water partition coefficient (Wildman–Crippen LogP) is 5.82. The molecule has 1 fully saturated rings. The van der Waals surface area contributed by atoms with Crippen molar-refractivity contribution >= 4 is 22.5 Å². The molecule has 1 saturated heterocycles. The first-order chi connectivity index (χ1) is 18.7. The van der Waals surface area contributed by atoms with Crippen LogP contribution in [0.2, 0.25) is 0 Å². The topological polar surface area (TPSA) is 55.7 Å². The van der Waals surface area contributed by atoms with E-state index < -0.39 is 0 Å². The van der Waals surface area contributed by atoms with Crippen LogP contribution >= 0.6 is 0 Å². The Balaban J connectivity index is 1.37. The first kappa shape index (κ1) is 23.9. The Bertz CT molecular complexity index is 1510. The maximum absolute atomic E-state index is 5.66. The van der Waals surface area contributed by atoms with Crippen LogP contribution in [0.3, 0.4) is 0 Å². The molecule has 0 bridgehead atoms. The summed E-state index contributed by atoms with van der Waals surface area (Å²) < 4.78 is 13.1. The van der Waals surface area contributed by atoms with E-state index in [-0.39, 0.29) is 0 Å². The summed E-state index contributed by atoms with van der Waals surface area (Å²) >= 11 is 0. The second-order valence-electron chi connectivity index (χ2n) is 9.27. The van der Waals surface area contributed by atoms with Gasteiger partial charge in [-0.25, -0.2) is 9.97 Å². The van der Waals surface area contributed by atoms with Crippen LogP contribution in [-0.4, -0.2) is 54.4 Å². The summed E-state index contributed by atoms with van der Waals surface area (Å²) in [4.78, 5) is 14.4. The first-order valence-electron chi connectivity index (χ1n) is 13.0. The van der Waals surface area contributed by atoms with Crippen LogP contribution in [0.4, 0.5) is 11.5 Å². The van der Waals surface area contributed by atoms with E-state index in [2.05, 4.69) is 69.1 Å². The number of nitrogens with zero attached hydrogens (tertiary/aromatic N) is 5. The maximum Gasteiger partial charge on any atom is 0.150 e. The van der Waals surface area contributed by atoms with Crippen molar-refractivity contribution in [1.29, 1.82) is 0 Å². The first-order valence-corrected chi connectivity index (χ1v) is 13.0. The van der Waals surface area contributed by atoms with E-state index >= 15 is 0 Å². The molecule has 0 N–H and O–H groups in total. The molecule has 7 nitrogen and oxygen atoms in total. The van der Waals surface area contributed by atoms with Gasteiger partial charge in [-0.3, -0.25) is 0 Å². The Morgan fingerprint density at radius 1 is 0.737 bits per heavy atom. The largest absolute Gasteiger partial charge is 0.497 e. The number of fused-ring (bicyclic) bond motifs is 1. The fraction of sp³-hybridized carbons (Fsp3) is 0.226. The Labute approximate surface area is 222 Å². The third-order valence-corrected chi connectivity index (χ3v) is 7.09. The minimum absolute atomic E-state index is 0.645. The number of piperazine rings is 1. The minimum atomic E-state index is 0.645. The molecule has 38 heavy (non-hydrogen) atoms. The van der Waals surface area contributed by atoms with Gasteiger partial charge in [-0.15, -0.1) is 0 Å². The zero-order chi connectivity index (χ0) is 25.9. The highest BCUT2D eigenvalue weighted by Crippen LogP contribution is 2.37. The highest BCUT2D eigenvalue weighted by Gasteiger charge is 2.24. The minimum Gasteiger partial charge on any atom is -0.497 e. The third-order valence-electron chi connectivity index (χ3n) is 7.09. The van der Waals surface area contributed by atoms with Crippen molar-refractivity contribution in [3.63, 3.8) is 0 Å². The molecule has 6 rings (SSSR count). The van der Waals surface area contributed by atoms with Gasteiger partial charge in [0.2, 0.25) is 0 Å². The van der Waals surface area contributed by atoms with Crippen molar-refractivity contribution in [1.82, 2.24) is 14.5 Å². The van der Waals surface area contributed by atoms with Crippen molar-refractivity contribution in [2.45, 2.75) is 6.92 Å². The van der Waals surface area contributed by atoms with Gasteiger partial charge in [-0.05, 0) is 61.0 Å². The smallest absolute Gasteiger partial charge is 0.150 e. The van der Waals surface area contributed by atoms with Crippen molar-refractivity contribution in [3.05, 3.63) is 91.4 Å². The maximum atomic E-state index is 5.66. The number of hydrogen-bond acceptors (Lipinski definition) is 6. The number of benzene rings is 3. The normalized spacial score (nSPS) is 13.6. The summed E-state index contributed by atoms with van der Waals surface area (Å²) in [5.74, 6) is 2.72. The summed E-state index contributed by atoms with van der Waals surface area (Å²) in [5, 5.41) is 1.07. The average Bonchev–Trinajstić information content (AvgIpc) is 3.38. The molecule has 5 aromatic rings. The standard InChI is InChI=1S/C31H31N5O2/c1-3-38-27-15-11-25(12-16-27)36-21-28(23-7-5-4-6-8-23)29-30(32-22-33-31(29)36)35-19-17-34(18-20-35)24-9-13-26(37-2)14-10-24/h4-16,21-22H,3,17-20H2,1-2H3. The van der Waals surface area contributed by atoms with Crippen LogP contribution in [0.15, 0.2) is 91.4 Å². The molecule has 0 atom stereocenters. The lowest BCUT2D eigenvalue weighted by atomic mass is 10.1. The molecule has 1 aliphatic rings. The molecule has 192 valence electrons. The number of ether oxygens (including phenoxy) is 2. The molecule has 7 heteroatoms. The fourth-order valence-corrected chi connectivity index (χ4v) is 5.16. The van der Waals surface area contributed by atoms with Gasteiger partial charge in [0.15, 0.2) is 5.65 Å². The summed E-state index contributed by atoms with van der Waals surface area (Å²) in [7, 11) is 1.70. The van der Waals surface area contributed by atoms with Crippen molar-refractivity contribution < 1.29 is 9.47 Å². The molecule has 0 unspecified atom stereocenters. The Morgan fingerprint density at radius 3 is 2.08 bits per heavy atom.